The minimum atomic E-state index is -0.395. The number of likely N-dealkylation sites (tertiary alicyclic amines) is 1. The molecule has 4 heteroatoms. The molecule has 0 bridgehead atoms. The predicted molar refractivity (Wildman–Crippen MR) is 115 cm³/mol. The summed E-state index contributed by atoms with van der Waals surface area (Å²) in [6, 6.07) is 19.3. The summed E-state index contributed by atoms with van der Waals surface area (Å²) >= 11 is 0. The normalized spacial score (nSPS) is 19.0. The minimum Gasteiger partial charge on any atom is -0.497 e. The van der Waals surface area contributed by atoms with Crippen LogP contribution in [0.5, 0.6) is 5.75 Å². The van der Waals surface area contributed by atoms with Gasteiger partial charge in [0.1, 0.15) is 5.75 Å². The molecule has 1 fully saturated rings. The molecule has 1 N–H and O–H groups in total. The van der Waals surface area contributed by atoms with Crippen molar-refractivity contribution in [3.05, 3.63) is 54.6 Å². The average molecular weight is 379 g/mol. The Morgan fingerprint density at radius 3 is 2.61 bits per heavy atom. The van der Waals surface area contributed by atoms with Gasteiger partial charge < -0.3 is 14.4 Å². The number of para-hydroxylation sites is 1. The van der Waals surface area contributed by atoms with Gasteiger partial charge in [-0.25, -0.2) is 0 Å². The number of rotatable bonds is 6. The molecular formula is C24H30N2O2. The number of aromatic nitrogens is 1. The van der Waals surface area contributed by atoms with Crippen molar-refractivity contribution < 1.29 is 9.84 Å². The molecule has 1 aliphatic heterocycles. The molecule has 0 radical (unpaired) electrons. The van der Waals surface area contributed by atoms with Crippen molar-refractivity contribution in [2.45, 2.75) is 44.9 Å². The topological polar surface area (TPSA) is 37.6 Å². The molecule has 1 aliphatic rings. The lowest BCUT2D eigenvalue weighted by molar-refractivity contribution is 0.0647. The van der Waals surface area contributed by atoms with Crippen molar-refractivity contribution in [1.82, 2.24) is 9.47 Å². The number of fused-ring (bicyclic) bond motifs is 1. The first-order valence-electron chi connectivity index (χ1n) is 10.3. The van der Waals surface area contributed by atoms with Crippen LogP contribution < -0.4 is 4.74 Å². The summed E-state index contributed by atoms with van der Waals surface area (Å²) in [5.74, 6) is 0.852. The van der Waals surface area contributed by atoms with E-state index < -0.39 is 6.10 Å². The molecule has 0 saturated carbocycles. The number of aliphatic hydroxyl groups is 1. The molecule has 1 aromatic heterocycles. The summed E-state index contributed by atoms with van der Waals surface area (Å²) in [4.78, 5) is 2.44. The van der Waals surface area contributed by atoms with E-state index in [0.717, 1.165) is 30.1 Å². The van der Waals surface area contributed by atoms with Gasteiger partial charge in [-0.2, -0.15) is 0 Å². The first-order valence-corrected chi connectivity index (χ1v) is 10.3. The molecule has 0 spiro atoms. The van der Waals surface area contributed by atoms with Crippen LogP contribution in [0, 0.1) is 0 Å². The van der Waals surface area contributed by atoms with E-state index in [9.17, 15) is 5.11 Å². The number of β-amino-alcohol motifs (C(OH)–C–C–N with tert-alkyl or cyclic N) is 1. The van der Waals surface area contributed by atoms with Crippen molar-refractivity contribution in [1.29, 1.82) is 0 Å². The molecule has 1 saturated heterocycles. The molecular weight excluding hydrogens is 348 g/mol. The summed E-state index contributed by atoms with van der Waals surface area (Å²) < 4.78 is 7.56. The Balaban J connectivity index is 1.62. The monoisotopic (exact) mass is 378 g/mol. The first kappa shape index (κ1) is 19.0. The lowest BCUT2D eigenvalue weighted by Gasteiger charge is -2.34. The highest BCUT2D eigenvalue weighted by Crippen LogP contribution is 2.30. The molecule has 2 heterocycles. The van der Waals surface area contributed by atoms with Crippen LogP contribution in [-0.4, -0.2) is 46.9 Å². The van der Waals surface area contributed by atoms with Crippen molar-refractivity contribution in [2.75, 3.05) is 20.2 Å². The van der Waals surface area contributed by atoms with Crippen LogP contribution in [0.2, 0.25) is 0 Å². The van der Waals surface area contributed by atoms with Crippen LogP contribution in [0.15, 0.2) is 54.6 Å². The molecule has 2 aromatic carbocycles. The average Bonchev–Trinajstić information content (AvgIpc) is 3.08. The third-order valence-corrected chi connectivity index (χ3v) is 5.98. The van der Waals surface area contributed by atoms with E-state index in [2.05, 4.69) is 58.9 Å². The number of nitrogens with zero attached hydrogens (tertiary/aromatic N) is 2. The Bertz CT molecular complexity index is 916. The molecule has 148 valence electrons. The number of ether oxygens (including phenoxy) is 1. The maximum absolute atomic E-state index is 10.9. The Morgan fingerprint density at radius 1 is 1.07 bits per heavy atom. The van der Waals surface area contributed by atoms with Crippen LogP contribution in [0.4, 0.5) is 0 Å². The first-order chi connectivity index (χ1) is 13.7. The highest BCUT2D eigenvalue weighted by Gasteiger charge is 2.22. The second-order valence-corrected chi connectivity index (χ2v) is 7.92. The third kappa shape index (κ3) is 3.94. The van der Waals surface area contributed by atoms with Gasteiger partial charge >= 0.3 is 0 Å². The van der Waals surface area contributed by atoms with Gasteiger partial charge in [0.2, 0.25) is 0 Å². The lowest BCUT2D eigenvalue weighted by atomic mass is 10.0. The Morgan fingerprint density at radius 2 is 1.86 bits per heavy atom. The van der Waals surface area contributed by atoms with Crippen LogP contribution in [0.1, 0.15) is 26.2 Å². The van der Waals surface area contributed by atoms with Gasteiger partial charge in [-0.05, 0) is 68.3 Å². The lowest BCUT2D eigenvalue weighted by Crippen LogP contribution is -2.43. The van der Waals surface area contributed by atoms with E-state index >= 15 is 0 Å². The Kier molecular flexibility index (Phi) is 5.69. The standard InChI is InChI=1S/C24H30N2O2/c1-18-7-5-6-14-25(18)16-21(27)17-26-23-9-4-3-8-20(23)15-24(26)19-10-12-22(28-2)13-11-19/h3-4,8-13,15,18,21,27H,5-7,14,16-17H2,1-2H3/t18-,21-/m1/s1. The largest absolute Gasteiger partial charge is 0.497 e. The Hall–Kier alpha value is -2.30. The zero-order valence-electron chi connectivity index (χ0n) is 16.8. The third-order valence-electron chi connectivity index (χ3n) is 5.98. The van der Waals surface area contributed by atoms with E-state index in [1.54, 1.807) is 7.11 Å². The summed E-state index contributed by atoms with van der Waals surface area (Å²) in [7, 11) is 1.68. The van der Waals surface area contributed by atoms with E-state index in [-0.39, 0.29) is 0 Å². The fourth-order valence-electron chi connectivity index (χ4n) is 4.38. The van der Waals surface area contributed by atoms with Crippen molar-refractivity contribution in [3.8, 4) is 17.0 Å². The molecule has 4 nitrogen and oxygen atoms in total. The fourth-order valence-corrected chi connectivity index (χ4v) is 4.38. The second kappa shape index (κ2) is 8.38. The van der Waals surface area contributed by atoms with Gasteiger partial charge in [-0.1, -0.05) is 24.6 Å². The van der Waals surface area contributed by atoms with Crippen LogP contribution in [0.3, 0.4) is 0 Å². The quantitative estimate of drug-likeness (QED) is 0.684. The van der Waals surface area contributed by atoms with E-state index in [1.165, 1.54) is 30.2 Å². The van der Waals surface area contributed by atoms with Gasteiger partial charge in [0.25, 0.3) is 0 Å². The summed E-state index contributed by atoms with van der Waals surface area (Å²) in [5.41, 5.74) is 3.43. The van der Waals surface area contributed by atoms with Crippen molar-refractivity contribution >= 4 is 10.9 Å². The number of methoxy groups -OCH3 is 1. The smallest absolute Gasteiger partial charge is 0.118 e. The number of hydrogen-bond donors (Lipinski definition) is 1. The number of piperidine rings is 1. The zero-order chi connectivity index (χ0) is 19.5. The molecule has 0 amide bonds. The molecule has 2 atom stereocenters. The van der Waals surface area contributed by atoms with E-state index in [1.807, 2.05) is 12.1 Å². The van der Waals surface area contributed by atoms with Crippen LogP contribution in [0.25, 0.3) is 22.2 Å². The highest BCUT2D eigenvalue weighted by atomic mass is 16.5. The van der Waals surface area contributed by atoms with Gasteiger partial charge in [0.15, 0.2) is 0 Å². The van der Waals surface area contributed by atoms with Crippen LogP contribution in [-0.2, 0) is 6.54 Å². The second-order valence-electron chi connectivity index (χ2n) is 7.92. The number of aliphatic hydroxyl groups excluding tert-OH is 1. The van der Waals surface area contributed by atoms with Gasteiger partial charge in [-0.15, -0.1) is 0 Å². The SMILES string of the molecule is COc1ccc(-c2cc3ccccc3n2C[C@H](O)CN2CCCC[C@H]2C)cc1. The minimum absolute atomic E-state index is 0.395. The Labute approximate surface area is 167 Å². The van der Waals surface area contributed by atoms with Gasteiger partial charge in [-0.3, -0.25) is 4.90 Å². The van der Waals surface area contributed by atoms with Crippen molar-refractivity contribution in [3.63, 3.8) is 0 Å². The highest BCUT2D eigenvalue weighted by molar-refractivity contribution is 5.87. The molecule has 28 heavy (non-hydrogen) atoms. The van der Waals surface area contributed by atoms with E-state index in [0.29, 0.717) is 12.6 Å². The maximum Gasteiger partial charge on any atom is 0.118 e. The van der Waals surface area contributed by atoms with E-state index in [4.69, 9.17) is 4.74 Å². The molecule has 4 rings (SSSR count). The fraction of sp³-hybridized carbons (Fsp3) is 0.417. The summed E-state index contributed by atoms with van der Waals surface area (Å²) in [5, 5.41) is 12.1. The predicted octanol–water partition coefficient (Wildman–Crippen LogP) is 4.55. The zero-order valence-corrected chi connectivity index (χ0v) is 16.8. The van der Waals surface area contributed by atoms with Crippen molar-refractivity contribution in [2.24, 2.45) is 0 Å². The van der Waals surface area contributed by atoms with Crippen LogP contribution >= 0.6 is 0 Å². The summed E-state index contributed by atoms with van der Waals surface area (Å²) in [6.07, 6.45) is 3.38. The van der Waals surface area contributed by atoms with Gasteiger partial charge in [0, 0.05) is 29.2 Å². The maximum atomic E-state index is 10.9. The number of hydrogen-bond acceptors (Lipinski definition) is 3. The molecule has 0 unspecified atom stereocenters. The molecule has 0 aliphatic carbocycles. The summed E-state index contributed by atoms with van der Waals surface area (Å²) in [6.45, 7) is 4.70. The number of benzene rings is 2. The van der Waals surface area contributed by atoms with Gasteiger partial charge in [0.05, 0.1) is 19.8 Å². The molecule has 3 aromatic rings.